The Morgan fingerprint density at radius 2 is 1.56 bits per heavy atom. The van der Waals surface area contributed by atoms with Crippen LogP contribution in [0.1, 0.15) is 24.0 Å². The number of ether oxygens (including phenoxy) is 1. The number of aliphatic hydroxyl groups excluding tert-OH is 1. The van der Waals surface area contributed by atoms with Gasteiger partial charge >= 0.3 is 18.2 Å². The number of hydrogen-bond donors (Lipinski definition) is 4. The second-order valence-electron chi connectivity index (χ2n) is 7.87. The molecule has 11 heteroatoms. The number of alkyl halides is 3. The molecule has 0 bridgehead atoms. The van der Waals surface area contributed by atoms with Crippen molar-refractivity contribution in [1.82, 2.24) is 10.6 Å². The van der Waals surface area contributed by atoms with Gasteiger partial charge in [0.05, 0.1) is 6.10 Å². The van der Waals surface area contributed by atoms with E-state index in [-0.39, 0.29) is 12.5 Å². The van der Waals surface area contributed by atoms with Gasteiger partial charge in [0.25, 0.3) is 0 Å². The standard InChI is InChI=1S/C23H23F3N2O6/c1-12(29)19(21(31)32)28-20(30)18(23(24,25)26)10-27-22(33)34-11-17-15-8-4-2-6-13(15)14-7-3-5-9-16(14)17/h2-9,12,17-19,29H,10-11H2,1H3,(H,27,33)(H,28,30)(H,31,32). The molecule has 1 aliphatic carbocycles. The van der Waals surface area contributed by atoms with Crippen molar-refractivity contribution in [2.45, 2.75) is 31.2 Å². The maximum Gasteiger partial charge on any atom is 0.407 e. The lowest BCUT2D eigenvalue weighted by molar-refractivity contribution is -0.183. The van der Waals surface area contributed by atoms with E-state index in [1.54, 1.807) is 5.32 Å². The van der Waals surface area contributed by atoms with Crippen LogP contribution in [0.2, 0.25) is 0 Å². The van der Waals surface area contributed by atoms with Gasteiger partial charge in [-0.3, -0.25) is 4.79 Å². The normalized spacial score (nSPS) is 15.4. The smallest absolute Gasteiger partial charge is 0.407 e. The first-order valence-corrected chi connectivity index (χ1v) is 10.4. The highest BCUT2D eigenvalue weighted by Crippen LogP contribution is 2.44. The van der Waals surface area contributed by atoms with Crippen LogP contribution in [0.3, 0.4) is 0 Å². The largest absolute Gasteiger partial charge is 0.480 e. The van der Waals surface area contributed by atoms with Gasteiger partial charge in [0, 0.05) is 12.5 Å². The van der Waals surface area contributed by atoms with Crippen LogP contribution in [0, 0.1) is 5.92 Å². The molecule has 2 amide bonds. The fraction of sp³-hybridized carbons (Fsp3) is 0.348. The molecule has 0 radical (unpaired) electrons. The Labute approximate surface area is 192 Å². The summed E-state index contributed by atoms with van der Waals surface area (Å²) in [5, 5.41) is 21.9. The van der Waals surface area contributed by atoms with Crippen molar-refractivity contribution >= 4 is 18.0 Å². The van der Waals surface area contributed by atoms with Gasteiger partial charge in [-0.1, -0.05) is 48.5 Å². The van der Waals surface area contributed by atoms with Gasteiger partial charge in [-0.25, -0.2) is 9.59 Å². The second kappa shape index (κ2) is 10.1. The average Bonchev–Trinajstić information content (AvgIpc) is 3.08. The van der Waals surface area contributed by atoms with Gasteiger partial charge in [0.15, 0.2) is 12.0 Å². The lowest BCUT2D eigenvalue weighted by Gasteiger charge is -2.23. The number of alkyl carbamates (subject to hydrolysis) is 1. The molecule has 3 atom stereocenters. The fourth-order valence-electron chi connectivity index (χ4n) is 3.83. The van der Waals surface area contributed by atoms with Crippen LogP contribution in [-0.2, 0) is 14.3 Å². The number of fused-ring (bicyclic) bond motifs is 3. The predicted octanol–water partition coefficient (Wildman–Crippen LogP) is 2.65. The van der Waals surface area contributed by atoms with Crippen molar-refractivity contribution in [3.8, 4) is 11.1 Å². The van der Waals surface area contributed by atoms with E-state index in [0.717, 1.165) is 29.2 Å². The molecule has 0 saturated heterocycles. The number of benzene rings is 2. The van der Waals surface area contributed by atoms with Gasteiger partial charge in [-0.05, 0) is 29.2 Å². The molecule has 2 aromatic carbocycles. The lowest BCUT2D eigenvalue weighted by atomic mass is 9.98. The number of amides is 2. The highest BCUT2D eigenvalue weighted by molar-refractivity contribution is 5.86. The Hall–Kier alpha value is -3.60. The molecule has 8 nitrogen and oxygen atoms in total. The molecule has 34 heavy (non-hydrogen) atoms. The van der Waals surface area contributed by atoms with Crippen molar-refractivity contribution in [3.63, 3.8) is 0 Å². The molecule has 0 saturated carbocycles. The molecule has 0 fully saturated rings. The zero-order valence-electron chi connectivity index (χ0n) is 18.0. The van der Waals surface area contributed by atoms with E-state index >= 15 is 0 Å². The summed E-state index contributed by atoms with van der Waals surface area (Å²) < 4.78 is 45.3. The van der Waals surface area contributed by atoms with Crippen LogP contribution in [0.25, 0.3) is 11.1 Å². The van der Waals surface area contributed by atoms with E-state index in [1.165, 1.54) is 0 Å². The summed E-state index contributed by atoms with van der Waals surface area (Å²) in [6.45, 7) is -0.291. The maximum atomic E-state index is 13.4. The Morgan fingerprint density at radius 1 is 1.03 bits per heavy atom. The summed E-state index contributed by atoms with van der Waals surface area (Å²) in [4.78, 5) is 35.3. The van der Waals surface area contributed by atoms with Crippen molar-refractivity contribution in [2.24, 2.45) is 5.92 Å². The Bertz CT molecular complexity index is 1030. The molecule has 182 valence electrons. The summed E-state index contributed by atoms with van der Waals surface area (Å²) >= 11 is 0. The lowest BCUT2D eigenvalue weighted by Crippen LogP contribution is -2.54. The summed E-state index contributed by atoms with van der Waals surface area (Å²) in [5.74, 6) is -6.44. The quantitative estimate of drug-likeness (QED) is 0.461. The first kappa shape index (κ1) is 25.0. The van der Waals surface area contributed by atoms with Gasteiger partial charge in [0.1, 0.15) is 6.61 Å². The number of carboxylic acids is 1. The van der Waals surface area contributed by atoms with Gasteiger partial charge < -0.3 is 25.6 Å². The third-order valence-electron chi connectivity index (χ3n) is 5.55. The fourth-order valence-corrected chi connectivity index (χ4v) is 3.83. The monoisotopic (exact) mass is 480 g/mol. The molecule has 4 N–H and O–H groups in total. The molecule has 3 rings (SSSR count). The number of nitrogens with one attached hydrogen (secondary N) is 2. The van der Waals surface area contributed by atoms with E-state index in [2.05, 4.69) is 0 Å². The van der Waals surface area contributed by atoms with Crippen LogP contribution < -0.4 is 10.6 Å². The molecule has 0 aromatic heterocycles. The third-order valence-corrected chi connectivity index (χ3v) is 5.55. The summed E-state index contributed by atoms with van der Waals surface area (Å²) in [7, 11) is 0. The SMILES string of the molecule is CC(O)C(NC(=O)C(CNC(=O)OCC1c2ccccc2-c2ccccc21)C(F)(F)F)C(=O)O. The Morgan fingerprint density at radius 3 is 2.03 bits per heavy atom. The number of halogens is 3. The van der Waals surface area contributed by atoms with Crippen molar-refractivity contribution in [3.05, 3.63) is 59.7 Å². The number of rotatable bonds is 8. The number of carbonyl (C=O) groups excluding carboxylic acids is 2. The predicted molar refractivity (Wildman–Crippen MR) is 114 cm³/mol. The topological polar surface area (TPSA) is 125 Å². The van der Waals surface area contributed by atoms with Crippen LogP contribution in [0.15, 0.2) is 48.5 Å². The zero-order valence-corrected chi connectivity index (χ0v) is 18.0. The zero-order chi connectivity index (χ0) is 25.0. The molecule has 0 spiro atoms. The van der Waals surface area contributed by atoms with Crippen LogP contribution in [0.5, 0.6) is 0 Å². The summed E-state index contributed by atoms with van der Waals surface area (Å²) in [5.41, 5.74) is 3.79. The molecule has 1 aliphatic rings. The molecular weight excluding hydrogens is 457 g/mol. The van der Waals surface area contributed by atoms with Crippen LogP contribution in [-0.4, -0.2) is 59.7 Å². The molecular formula is C23H23F3N2O6. The highest BCUT2D eigenvalue weighted by Gasteiger charge is 2.46. The number of carbonyl (C=O) groups is 3. The van der Waals surface area contributed by atoms with Crippen molar-refractivity contribution in [1.29, 1.82) is 0 Å². The van der Waals surface area contributed by atoms with Crippen LogP contribution in [0.4, 0.5) is 18.0 Å². The highest BCUT2D eigenvalue weighted by atomic mass is 19.4. The Balaban J connectivity index is 1.63. The summed E-state index contributed by atoms with van der Waals surface area (Å²) in [6.07, 6.45) is -7.87. The van der Waals surface area contributed by atoms with E-state index in [9.17, 15) is 32.7 Å². The first-order chi connectivity index (χ1) is 16.0. The molecule has 0 heterocycles. The number of carboxylic acid groups (broad SMARTS) is 1. The molecule has 3 unspecified atom stereocenters. The van der Waals surface area contributed by atoms with Crippen molar-refractivity contribution in [2.75, 3.05) is 13.2 Å². The Kier molecular flexibility index (Phi) is 7.45. The minimum atomic E-state index is -5.08. The van der Waals surface area contributed by atoms with E-state index in [4.69, 9.17) is 9.84 Å². The maximum absolute atomic E-state index is 13.4. The van der Waals surface area contributed by atoms with Gasteiger partial charge in [-0.2, -0.15) is 13.2 Å². The minimum absolute atomic E-state index is 0.133. The van der Waals surface area contributed by atoms with Crippen LogP contribution >= 0.6 is 0 Å². The van der Waals surface area contributed by atoms with E-state index in [1.807, 2.05) is 53.8 Å². The van der Waals surface area contributed by atoms with E-state index in [0.29, 0.717) is 0 Å². The van der Waals surface area contributed by atoms with Gasteiger partial charge in [0.2, 0.25) is 5.91 Å². The third kappa shape index (κ3) is 5.48. The first-order valence-electron chi connectivity index (χ1n) is 10.4. The number of hydrogen-bond acceptors (Lipinski definition) is 5. The number of aliphatic hydroxyl groups is 1. The average molecular weight is 480 g/mol. The minimum Gasteiger partial charge on any atom is -0.480 e. The van der Waals surface area contributed by atoms with E-state index < -0.39 is 48.8 Å². The second-order valence-corrected chi connectivity index (χ2v) is 7.87. The number of aliphatic carboxylic acids is 1. The van der Waals surface area contributed by atoms with Gasteiger partial charge in [-0.15, -0.1) is 0 Å². The molecule has 2 aromatic rings. The molecule has 0 aliphatic heterocycles. The summed E-state index contributed by atoms with van der Waals surface area (Å²) in [6, 6.07) is 13.1. The van der Waals surface area contributed by atoms with Crippen molar-refractivity contribution < 1.29 is 42.5 Å².